The van der Waals surface area contributed by atoms with Gasteiger partial charge in [-0.25, -0.2) is 9.97 Å². The Morgan fingerprint density at radius 3 is 2.47 bits per heavy atom. The molecular weight excluding hydrogens is 378 g/mol. The summed E-state index contributed by atoms with van der Waals surface area (Å²) in [6.45, 7) is 8.04. The van der Waals surface area contributed by atoms with Gasteiger partial charge in [-0.15, -0.1) is 0 Å². The average molecular weight is 412 g/mol. The van der Waals surface area contributed by atoms with Gasteiger partial charge in [-0.3, -0.25) is 4.79 Å². The Bertz CT molecular complexity index is 822. The summed E-state index contributed by atoms with van der Waals surface area (Å²) in [5, 5.41) is 11.9. The maximum absolute atomic E-state index is 10.6. The highest BCUT2D eigenvalue weighted by molar-refractivity contribution is 5.66. The molecule has 1 aromatic heterocycles. The van der Waals surface area contributed by atoms with Crippen LogP contribution in [-0.4, -0.2) is 33.7 Å². The minimum atomic E-state index is -0.794. The second-order valence-corrected chi connectivity index (χ2v) is 9.23. The molecule has 2 N–H and O–H groups in total. The van der Waals surface area contributed by atoms with Crippen molar-refractivity contribution in [3.05, 3.63) is 42.2 Å². The first kappa shape index (κ1) is 22.2. The van der Waals surface area contributed by atoms with Gasteiger partial charge in [-0.05, 0) is 54.2 Å². The molecule has 6 heteroatoms. The molecule has 1 aliphatic rings. The molecule has 1 aliphatic carbocycles. The first-order valence-corrected chi connectivity index (χ1v) is 10.8. The normalized spacial score (nSPS) is 19.4. The molecule has 0 saturated heterocycles. The number of carboxylic acid groups (broad SMARTS) is 1. The number of hydrogen-bond donors (Lipinski definition) is 2. The van der Waals surface area contributed by atoms with E-state index in [-0.39, 0.29) is 12.5 Å². The van der Waals surface area contributed by atoms with E-state index in [2.05, 4.69) is 42.1 Å². The molecular formula is C24H33N3O3. The van der Waals surface area contributed by atoms with E-state index in [0.717, 1.165) is 35.4 Å². The number of aromatic nitrogens is 2. The van der Waals surface area contributed by atoms with E-state index in [1.165, 1.54) is 12.8 Å². The van der Waals surface area contributed by atoms with Crippen LogP contribution in [0.25, 0.3) is 11.1 Å². The Labute approximate surface area is 179 Å². The Kier molecular flexibility index (Phi) is 7.43. The van der Waals surface area contributed by atoms with E-state index >= 15 is 0 Å². The molecule has 0 radical (unpaired) electrons. The molecule has 0 amide bonds. The van der Waals surface area contributed by atoms with Crippen LogP contribution in [0.2, 0.25) is 0 Å². The van der Waals surface area contributed by atoms with Crippen molar-refractivity contribution in [2.24, 2.45) is 11.3 Å². The molecule has 0 spiro atoms. The minimum absolute atomic E-state index is 0.118. The van der Waals surface area contributed by atoms with Gasteiger partial charge in [0.2, 0.25) is 0 Å². The number of aliphatic carboxylic acids is 1. The molecule has 0 bridgehead atoms. The van der Waals surface area contributed by atoms with Gasteiger partial charge in [0.1, 0.15) is 6.10 Å². The zero-order chi connectivity index (χ0) is 21.6. The van der Waals surface area contributed by atoms with Crippen LogP contribution >= 0.6 is 0 Å². The van der Waals surface area contributed by atoms with Gasteiger partial charge in [-0.2, -0.15) is 0 Å². The van der Waals surface area contributed by atoms with Gasteiger partial charge >= 0.3 is 12.0 Å². The summed E-state index contributed by atoms with van der Waals surface area (Å²) >= 11 is 0. The molecule has 1 fully saturated rings. The van der Waals surface area contributed by atoms with Crippen molar-refractivity contribution in [1.82, 2.24) is 15.3 Å². The SMILES string of the molecule is CC(C)(C)[C@H]1CC[C@H](Oc2ncc(-c3cccc(CNCCC(=O)O)c3)cn2)CC1. The lowest BCUT2D eigenvalue weighted by Gasteiger charge is -2.36. The van der Waals surface area contributed by atoms with Crippen LogP contribution in [0, 0.1) is 11.3 Å². The highest BCUT2D eigenvalue weighted by atomic mass is 16.5. The third-order valence-corrected chi connectivity index (χ3v) is 5.90. The lowest BCUT2D eigenvalue weighted by Crippen LogP contribution is -2.30. The first-order valence-electron chi connectivity index (χ1n) is 10.8. The smallest absolute Gasteiger partial charge is 0.316 e. The second kappa shape index (κ2) is 10.0. The lowest BCUT2D eigenvalue weighted by molar-refractivity contribution is -0.136. The largest absolute Gasteiger partial charge is 0.481 e. The Morgan fingerprint density at radius 2 is 1.83 bits per heavy atom. The van der Waals surface area contributed by atoms with Crippen LogP contribution in [0.3, 0.4) is 0 Å². The summed E-state index contributed by atoms with van der Waals surface area (Å²) in [6.07, 6.45) is 8.44. The first-order chi connectivity index (χ1) is 14.3. The van der Waals surface area contributed by atoms with Gasteiger partial charge in [-0.1, -0.05) is 39.0 Å². The average Bonchev–Trinajstić information content (AvgIpc) is 2.72. The Morgan fingerprint density at radius 1 is 1.13 bits per heavy atom. The summed E-state index contributed by atoms with van der Waals surface area (Å²) in [6, 6.07) is 8.55. The number of carboxylic acids is 1. The van der Waals surface area contributed by atoms with Crippen molar-refractivity contribution in [3.63, 3.8) is 0 Å². The summed E-state index contributed by atoms with van der Waals surface area (Å²) in [5.74, 6) is -0.0375. The van der Waals surface area contributed by atoms with Crippen molar-refractivity contribution >= 4 is 5.97 Å². The Balaban J connectivity index is 1.53. The van der Waals surface area contributed by atoms with Crippen LogP contribution in [0.1, 0.15) is 58.4 Å². The number of hydrogen-bond acceptors (Lipinski definition) is 5. The molecule has 1 heterocycles. The van der Waals surface area contributed by atoms with E-state index in [0.29, 0.717) is 24.5 Å². The third-order valence-electron chi connectivity index (χ3n) is 5.90. The summed E-state index contributed by atoms with van der Waals surface area (Å²) in [5.41, 5.74) is 3.42. The second-order valence-electron chi connectivity index (χ2n) is 9.23. The molecule has 0 unspecified atom stereocenters. The highest BCUT2D eigenvalue weighted by Crippen LogP contribution is 2.38. The van der Waals surface area contributed by atoms with Crippen molar-refractivity contribution < 1.29 is 14.6 Å². The van der Waals surface area contributed by atoms with Crippen molar-refractivity contribution in [2.75, 3.05) is 6.54 Å². The minimum Gasteiger partial charge on any atom is -0.481 e. The molecule has 30 heavy (non-hydrogen) atoms. The summed E-state index contributed by atoms with van der Waals surface area (Å²) in [7, 11) is 0. The quantitative estimate of drug-likeness (QED) is 0.613. The highest BCUT2D eigenvalue weighted by Gasteiger charge is 2.30. The molecule has 0 atom stereocenters. The van der Waals surface area contributed by atoms with Crippen molar-refractivity contribution in [3.8, 4) is 17.1 Å². The van der Waals surface area contributed by atoms with Gasteiger partial charge in [0.05, 0.1) is 6.42 Å². The number of carbonyl (C=O) groups is 1. The van der Waals surface area contributed by atoms with Gasteiger partial charge < -0.3 is 15.2 Å². The van der Waals surface area contributed by atoms with E-state index < -0.39 is 5.97 Å². The summed E-state index contributed by atoms with van der Waals surface area (Å²) < 4.78 is 6.04. The molecule has 1 aromatic carbocycles. The van der Waals surface area contributed by atoms with Gasteiger partial charge in [0.15, 0.2) is 0 Å². The zero-order valence-corrected chi connectivity index (χ0v) is 18.2. The molecule has 1 saturated carbocycles. The fourth-order valence-electron chi connectivity index (χ4n) is 4.01. The maximum Gasteiger partial charge on any atom is 0.316 e. The third kappa shape index (κ3) is 6.52. The van der Waals surface area contributed by atoms with Crippen LogP contribution in [0.5, 0.6) is 6.01 Å². The fraction of sp³-hybridized carbons (Fsp3) is 0.542. The fourth-order valence-corrected chi connectivity index (χ4v) is 4.01. The van der Waals surface area contributed by atoms with Gasteiger partial charge in [0, 0.05) is 31.0 Å². The lowest BCUT2D eigenvalue weighted by atomic mass is 9.72. The number of rotatable bonds is 8. The van der Waals surface area contributed by atoms with Crippen LogP contribution < -0.4 is 10.1 Å². The number of nitrogens with one attached hydrogen (secondary N) is 1. The molecule has 2 aromatic rings. The van der Waals surface area contributed by atoms with Crippen molar-refractivity contribution in [2.45, 2.75) is 65.5 Å². The van der Waals surface area contributed by atoms with E-state index in [9.17, 15) is 4.79 Å². The van der Waals surface area contributed by atoms with E-state index in [1.807, 2.05) is 18.2 Å². The topological polar surface area (TPSA) is 84.3 Å². The molecule has 3 rings (SSSR count). The maximum atomic E-state index is 10.6. The molecule has 6 nitrogen and oxygen atoms in total. The number of benzene rings is 1. The van der Waals surface area contributed by atoms with Gasteiger partial charge in [0.25, 0.3) is 0 Å². The zero-order valence-electron chi connectivity index (χ0n) is 18.2. The Hall–Kier alpha value is -2.47. The molecule has 162 valence electrons. The summed E-state index contributed by atoms with van der Waals surface area (Å²) in [4.78, 5) is 19.4. The van der Waals surface area contributed by atoms with E-state index in [1.54, 1.807) is 12.4 Å². The van der Waals surface area contributed by atoms with Crippen LogP contribution in [-0.2, 0) is 11.3 Å². The van der Waals surface area contributed by atoms with Crippen molar-refractivity contribution in [1.29, 1.82) is 0 Å². The van der Waals surface area contributed by atoms with Crippen LogP contribution in [0.4, 0.5) is 0 Å². The van der Waals surface area contributed by atoms with Crippen LogP contribution in [0.15, 0.2) is 36.7 Å². The number of ether oxygens (including phenoxy) is 1. The molecule has 0 aliphatic heterocycles. The van der Waals surface area contributed by atoms with E-state index in [4.69, 9.17) is 9.84 Å². The predicted octanol–water partition coefficient (Wildman–Crippen LogP) is 4.69. The standard InChI is InChI=1S/C24H33N3O3/c1-24(2,3)20-7-9-21(10-8-20)30-23-26-15-19(16-27-23)18-6-4-5-17(13-18)14-25-12-11-22(28)29/h4-6,13,15-16,20-21,25H,7-12,14H2,1-3H3,(H,28,29)/t20-,21-. The monoisotopic (exact) mass is 411 g/mol. The predicted molar refractivity (Wildman–Crippen MR) is 117 cm³/mol. The number of nitrogens with zero attached hydrogens (tertiary/aromatic N) is 2.